The summed E-state index contributed by atoms with van der Waals surface area (Å²) < 4.78 is 39.7. The summed E-state index contributed by atoms with van der Waals surface area (Å²) in [7, 11) is 0. The zero-order valence-electron chi connectivity index (χ0n) is 19.3. The van der Waals surface area contributed by atoms with Gasteiger partial charge in [0.25, 0.3) is 0 Å². The summed E-state index contributed by atoms with van der Waals surface area (Å²) in [6.45, 7) is 3.54. The molecule has 0 aliphatic heterocycles. The minimum absolute atomic E-state index is 0.234. The van der Waals surface area contributed by atoms with Crippen LogP contribution in [0.2, 0.25) is 0 Å². The van der Waals surface area contributed by atoms with Gasteiger partial charge in [-0.3, -0.25) is 4.79 Å². The van der Waals surface area contributed by atoms with Crippen molar-refractivity contribution in [3.05, 3.63) is 65.9 Å². The number of amides is 3. The summed E-state index contributed by atoms with van der Waals surface area (Å²) in [5.41, 5.74) is 0.311. The molecule has 1 aromatic heterocycles. The first-order valence-corrected chi connectivity index (χ1v) is 11.2. The number of aromatic nitrogens is 1. The van der Waals surface area contributed by atoms with Gasteiger partial charge < -0.3 is 25.7 Å². The number of hydrogen-bond acceptors (Lipinski definition) is 3. The van der Waals surface area contributed by atoms with Gasteiger partial charge >= 0.3 is 12.2 Å². The van der Waals surface area contributed by atoms with E-state index in [1.54, 1.807) is 13.1 Å². The van der Waals surface area contributed by atoms with Crippen molar-refractivity contribution in [1.82, 2.24) is 15.6 Å². The smallest absolute Gasteiger partial charge is 0.361 e. The van der Waals surface area contributed by atoms with Crippen LogP contribution in [0.5, 0.6) is 0 Å². The first kappa shape index (κ1) is 25.8. The van der Waals surface area contributed by atoms with Crippen LogP contribution in [0.15, 0.2) is 54.7 Å². The maximum atomic E-state index is 13.2. The van der Waals surface area contributed by atoms with Gasteiger partial charge in [0.2, 0.25) is 5.91 Å². The van der Waals surface area contributed by atoms with Gasteiger partial charge in [-0.25, -0.2) is 4.79 Å². The fourth-order valence-corrected chi connectivity index (χ4v) is 3.78. The van der Waals surface area contributed by atoms with Gasteiger partial charge in [-0.2, -0.15) is 13.2 Å². The Hall–Kier alpha value is -3.82. The number of halogens is 3. The number of para-hydroxylation sites is 2. The molecule has 0 aliphatic rings. The Morgan fingerprint density at radius 3 is 2.43 bits per heavy atom. The largest absolute Gasteiger partial charge is 0.418 e. The highest BCUT2D eigenvalue weighted by molar-refractivity contribution is 5.95. The van der Waals surface area contributed by atoms with Crippen LogP contribution in [-0.4, -0.2) is 35.3 Å². The lowest BCUT2D eigenvalue weighted by atomic mass is 9.97. The van der Waals surface area contributed by atoms with E-state index < -0.39 is 41.4 Å². The van der Waals surface area contributed by atoms with E-state index in [0.717, 1.165) is 28.6 Å². The van der Waals surface area contributed by atoms with Gasteiger partial charge in [0.05, 0.1) is 17.3 Å². The van der Waals surface area contributed by atoms with Crippen molar-refractivity contribution in [2.24, 2.45) is 5.92 Å². The van der Waals surface area contributed by atoms with Gasteiger partial charge in [0.15, 0.2) is 0 Å². The van der Waals surface area contributed by atoms with Crippen molar-refractivity contribution in [1.29, 1.82) is 0 Å². The number of anilines is 1. The number of hydrogen-bond donors (Lipinski definition) is 4. The van der Waals surface area contributed by atoms with Crippen LogP contribution in [0.3, 0.4) is 0 Å². The molecule has 0 bridgehead atoms. The number of H-pyrrole nitrogens is 1. The second-order valence-electron chi connectivity index (χ2n) is 8.32. The van der Waals surface area contributed by atoms with Gasteiger partial charge in [0.1, 0.15) is 12.3 Å². The van der Waals surface area contributed by atoms with Crippen LogP contribution in [0.1, 0.15) is 31.4 Å². The zero-order chi connectivity index (χ0) is 25.6. The van der Waals surface area contributed by atoms with E-state index in [9.17, 15) is 27.6 Å². The third-order valence-corrected chi connectivity index (χ3v) is 5.87. The highest BCUT2D eigenvalue weighted by atomic mass is 19.4. The molecule has 0 saturated heterocycles. The van der Waals surface area contributed by atoms with Crippen LogP contribution in [-0.2, 0) is 22.2 Å². The summed E-state index contributed by atoms with van der Waals surface area (Å²) in [4.78, 5) is 40.4. The monoisotopic (exact) mass is 488 g/mol. The Morgan fingerprint density at radius 1 is 1.06 bits per heavy atom. The number of urea groups is 1. The highest BCUT2D eigenvalue weighted by Crippen LogP contribution is 2.34. The number of benzene rings is 2. The molecule has 0 aliphatic carbocycles. The summed E-state index contributed by atoms with van der Waals surface area (Å²) in [6.07, 6.45) is -1.53. The molecule has 3 aromatic rings. The number of alkyl halides is 3. The van der Waals surface area contributed by atoms with E-state index in [2.05, 4.69) is 20.9 Å². The molecular formula is C25H27F3N4O3. The topological polar surface area (TPSA) is 103 Å². The van der Waals surface area contributed by atoms with E-state index in [1.807, 2.05) is 31.2 Å². The second-order valence-corrected chi connectivity index (χ2v) is 8.32. The van der Waals surface area contributed by atoms with Crippen molar-refractivity contribution < 1.29 is 27.6 Å². The second kappa shape index (κ2) is 11.1. The summed E-state index contributed by atoms with van der Waals surface area (Å²) in [6, 6.07) is 9.22. The molecule has 0 spiro atoms. The third-order valence-electron chi connectivity index (χ3n) is 5.87. The highest BCUT2D eigenvalue weighted by Gasteiger charge is 2.34. The Labute approximate surface area is 200 Å². The first-order valence-electron chi connectivity index (χ1n) is 11.2. The number of rotatable bonds is 9. The predicted octanol–water partition coefficient (Wildman–Crippen LogP) is 4.65. The average Bonchev–Trinajstić information content (AvgIpc) is 3.24. The molecule has 35 heavy (non-hydrogen) atoms. The van der Waals surface area contributed by atoms with Gasteiger partial charge in [-0.15, -0.1) is 0 Å². The zero-order valence-corrected chi connectivity index (χ0v) is 19.3. The fraction of sp³-hybridized carbons (Fsp3) is 0.320. The fourth-order valence-electron chi connectivity index (χ4n) is 3.78. The lowest BCUT2D eigenvalue weighted by molar-refractivity contribution is -0.137. The Morgan fingerprint density at radius 2 is 1.74 bits per heavy atom. The minimum atomic E-state index is -4.66. The lowest BCUT2D eigenvalue weighted by Gasteiger charge is -2.25. The van der Waals surface area contributed by atoms with E-state index in [0.29, 0.717) is 12.7 Å². The molecule has 3 atom stereocenters. The van der Waals surface area contributed by atoms with E-state index in [4.69, 9.17) is 0 Å². The van der Waals surface area contributed by atoms with Crippen LogP contribution in [0.25, 0.3) is 10.9 Å². The summed E-state index contributed by atoms with van der Waals surface area (Å²) in [5.74, 6) is -0.949. The molecule has 1 heterocycles. The molecule has 10 heteroatoms. The number of fused-ring (bicyclic) bond motifs is 1. The molecule has 4 N–H and O–H groups in total. The number of aldehydes is 1. The average molecular weight is 489 g/mol. The van der Waals surface area contributed by atoms with E-state index in [1.165, 1.54) is 12.1 Å². The first-order chi connectivity index (χ1) is 16.6. The Kier molecular flexibility index (Phi) is 8.16. The van der Waals surface area contributed by atoms with Crippen molar-refractivity contribution in [2.45, 2.75) is 44.9 Å². The summed E-state index contributed by atoms with van der Waals surface area (Å²) in [5, 5.41) is 8.21. The number of carbonyl (C=O) groups excluding carboxylic acids is 3. The van der Waals surface area contributed by atoms with Crippen molar-refractivity contribution in [3.63, 3.8) is 0 Å². The van der Waals surface area contributed by atoms with Crippen molar-refractivity contribution >= 4 is 34.8 Å². The molecular weight excluding hydrogens is 461 g/mol. The molecule has 3 rings (SSSR count). The molecule has 186 valence electrons. The maximum Gasteiger partial charge on any atom is 0.418 e. The quantitative estimate of drug-likeness (QED) is 0.330. The molecule has 0 fully saturated rings. The van der Waals surface area contributed by atoms with Crippen molar-refractivity contribution in [2.75, 3.05) is 5.32 Å². The van der Waals surface area contributed by atoms with Crippen LogP contribution in [0, 0.1) is 5.92 Å². The molecule has 2 aromatic carbocycles. The Balaban J connectivity index is 1.71. The van der Waals surface area contributed by atoms with Gasteiger partial charge in [-0.1, -0.05) is 50.6 Å². The van der Waals surface area contributed by atoms with E-state index >= 15 is 0 Å². The molecule has 0 saturated carbocycles. The molecule has 3 amide bonds. The number of aromatic amines is 1. The maximum absolute atomic E-state index is 13.2. The van der Waals surface area contributed by atoms with Gasteiger partial charge in [0, 0.05) is 23.5 Å². The van der Waals surface area contributed by atoms with Crippen molar-refractivity contribution in [3.8, 4) is 0 Å². The normalized spacial score (nSPS) is 14.1. The predicted molar refractivity (Wildman–Crippen MR) is 127 cm³/mol. The SMILES string of the molecule is CC[C@@H](C)[C@H](NC(=O)Nc1ccccc1C(F)(F)F)C(=O)N[C@H](C=O)Cc1c[nH]c2ccccc12. The minimum Gasteiger partial charge on any atom is -0.361 e. The lowest BCUT2D eigenvalue weighted by Crippen LogP contribution is -2.54. The number of nitrogens with one attached hydrogen (secondary N) is 4. The molecule has 7 nitrogen and oxygen atoms in total. The number of carbonyl (C=O) groups is 3. The molecule has 0 radical (unpaired) electrons. The van der Waals surface area contributed by atoms with E-state index in [-0.39, 0.29) is 12.3 Å². The summed E-state index contributed by atoms with van der Waals surface area (Å²) >= 11 is 0. The molecule has 0 unspecified atom stereocenters. The van der Waals surface area contributed by atoms with Crippen LogP contribution >= 0.6 is 0 Å². The van der Waals surface area contributed by atoms with Gasteiger partial charge in [-0.05, 0) is 29.7 Å². The Bertz CT molecular complexity index is 1190. The third kappa shape index (κ3) is 6.40. The standard InChI is InChI=1S/C25H27F3N4O3/c1-3-15(2)22(32-24(35)31-21-11-7-5-9-19(21)25(26,27)28)23(34)30-17(14-33)12-16-13-29-20-10-6-4-8-18(16)20/h4-11,13-15,17,22,29H,3,12H2,1-2H3,(H,30,34)(H2,31,32,35)/t15-,17+,22+/m1/s1. The van der Waals surface area contributed by atoms with Crippen LogP contribution < -0.4 is 16.0 Å². The van der Waals surface area contributed by atoms with Crippen LogP contribution in [0.4, 0.5) is 23.7 Å².